The maximum absolute atomic E-state index is 13.2. The van der Waals surface area contributed by atoms with Crippen LogP contribution in [0.2, 0.25) is 0 Å². The normalized spacial score (nSPS) is 12.8. The topological polar surface area (TPSA) is 49.4 Å². The second kappa shape index (κ2) is 13.2. The molecular formula is C26H36N2O2S. The zero-order valence-electron chi connectivity index (χ0n) is 19.3. The van der Waals surface area contributed by atoms with Crippen molar-refractivity contribution in [3.05, 3.63) is 71.3 Å². The molecule has 0 aliphatic heterocycles. The molecule has 2 atom stereocenters. The second-order valence-corrected chi connectivity index (χ2v) is 8.97. The monoisotopic (exact) mass is 440 g/mol. The van der Waals surface area contributed by atoms with Crippen molar-refractivity contribution in [2.75, 3.05) is 12.3 Å². The fourth-order valence-electron chi connectivity index (χ4n) is 3.44. The molecule has 0 saturated heterocycles. The molecule has 0 saturated carbocycles. The van der Waals surface area contributed by atoms with Gasteiger partial charge in [0.25, 0.3) is 0 Å². The molecule has 0 heterocycles. The summed E-state index contributed by atoms with van der Waals surface area (Å²) in [5.74, 6) is 1.14. The number of hydrogen-bond donors (Lipinski definition) is 1. The zero-order chi connectivity index (χ0) is 22.6. The number of carbonyl (C=O) groups is 2. The van der Waals surface area contributed by atoms with Gasteiger partial charge in [0.15, 0.2) is 0 Å². The Morgan fingerprint density at radius 3 is 2.32 bits per heavy atom. The smallest absolute Gasteiger partial charge is 0.243 e. The highest BCUT2D eigenvalue weighted by atomic mass is 32.2. The van der Waals surface area contributed by atoms with Gasteiger partial charge in [0.2, 0.25) is 11.8 Å². The predicted molar refractivity (Wildman–Crippen MR) is 131 cm³/mol. The maximum atomic E-state index is 13.2. The fourth-order valence-corrected chi connectivity index (χ4v) is 4.43. The minimum Gasteiger partial charge on any atom is -0.352 e. The minimum absolute atomic E-state index is 0.0284. The Balaban J connectivity index is 2.07. The van der Waals surface area contributed by atoms with E-state index in [-0.39, 0.29) is 17.9 Å². The van der Waals surface area contributed by atoms with E-state index in [4.69, 9.17) is 0 Å². The number of amides is 2. The van der Waals surface area contributed by atoms with Gasteiger partial charge >= 0.3 is 0 Å². The highest BCUT2D eigenvalue weighted by molar-refractivity contribution is 7.99. The highest BCUT2D eigenvalue weighted by Crippen LogP contribution is 2.18. The molecule has 0 radical (unpaired) electrons. The van der Waals surface area contributed by atoms with Crippen molar-refractivity contribution in [3.63, 3.8) is 0 Å². The van der Waals surface area contributed by atoms with E-state index in [0.29, 0.717) is 18.7 Å². The van der Waals surface area contributed by atoms with Crippen LogP contribution in [0.1, 0.15) is 50.3 Å². The van der Waals surface area contributed by atoms with Gasteiger partial charge in [-0.2, -0.15) is 0 Å². The van der Waals surface area contributed by atoms with Gasteiger partial charge in [-0.3, -0.25) is 9.59 Å². The standard InChI is InChI=1S/C26H36N2O2S/c1-5-21(4)27-26(30)24(6-2)28(17-16-22-13-8-7-9-14-22)25(29)19-31-18-23-15-11-10-12-20(23)3/h7-15,21,24H,5-6,16-19H2,1-4H3,(H,27,30)/t21-,24-/m0/s1. The van der Waals surface area contributed by atoms with Crippen LogP contribution in [0.4, 0.5) is 0 Å². The molecule has 4 nitrogen and oxygen atoms in total. The first-order valence-corrected chi connectivity index (χ1v) is 12.4. The summed E-state index contributed by atoms with van der Waals surface area (Å²) in [6.07, 6.45) is 2.21. The largest absolute Gasteiger partial charge is 0.352 e. The quantitative estimate of drug-likeness (QED) is 0.506. The van der Waals surface area contributed by atoms with Gasteiger partial charge in [-0.05, 0) is 49.8 Å². The van der Waals surface area contributed by atoms with Gasteiger partial charge in [-0.15, -0.1) is 11.8 Å². The predicted octanol–water partition coefficient (Wildman–Crippen LogP) is 4.99. The maximum Gasteiger partial charge on any atom is 0.243 e. The summed E-state index contributed by atoms with van der Waals surface area (Å²) in [6.45, 7) is 8.66. The second-order valence-electron chi connectivity index (χ2n) is 7.98. The molecule has 2 aromatic carbocycles. The van der Waals surface area contributed by atoms with Crippen LogP contribution in [0.25, 0.3) is 0 Å². The summed E-state index contributed by atoms with van der Waals surface area (Å²) < 4.78 is 0. The van der Waals surface area contributed by atoms with E-state index < -0.39 is 6.04 Å². The van der Waals surface area contributed by atoms with Crippen LogP contribution >= 0.6 is 11.8 Å². The van der Waals surface area contributed by atoms with Gasteiger partial charge in [0.1, 0.15) is 6.04 Å². The van der Waals surface area contributed by atoms with E-state index in [2.05, 4.69) is 36.5 Å². The van der Waals surface area contributed by atoms with Gasteiger partial charge in [0.05, 0.1) is 5.75 Å². The first kappa shape index (κ1) is 25.0. The van der Waals surface area contributed by atoms with Gasteiger partial charge < -0.3 is 10.2 Å². The van der Waals surface area contributed by atoms with Crippen molar-refractivity contribution in [2.24, 2.45) is 0 Å². The van der Waals surface area contributed by atoms with E-state index >= 15 is 0 Å². The van der Waals surface area contributed by atoms with Gasteiger partial charge in [-0.1, -0.05) is 68.4 Å². The van der Waals surface area contributed by atoms with Crippen LogP contribution in [0.3, 0.4) is 0 Å². The number of nitrogens with one attached hydrogen (secondary N) is 1. The number of nitrogens with zero attached hydrogens (tertiary/aromatic N) is 1. The third-order valence-corrected chi connectivity index (χ3v) is 6.58. The number of hydrogen-bond acceptors (Lipinski definition) is 3. The molecule has 0 unspecified atom stereocenters. The van der Waals surface area contributed by atoms with E-state index in [1.54, 1.807) is 16.7 Å². The van der Waals surface area contributed by atoms with Crippen LogP contribution in [-0.2, 0) is 21.8 Å². The lowest BCUT2D eigenvalue weighted by atomic mass is 10.1. The SMILES string of the molecule is CC[C@H](C)NC(=O)[C@H](CC)N(CCc1ccccc1)C(=O)CSCc1ccccc1C. The number of aryl methyl sites for hydroxylation is 1. The molecule has 0 aliphatic rings. The van der Waals surface area contributed by atoms with Crippen LogP contribution in [0.5, 0.6) is 0 Å². The first-order chi connectivity index (χ1) is 15.0. The Bertz CT molecular complexity index is 825. The summed E-state index contributed by atoms with van der Waals surface area (Å²) in [4.78, 5) is 27.9. The third-order valence-electron chi connectivity index (χ3n) is 5.62. The molecule has 2 amide bonds. The van der Waals surface area contributed by atoms with E-state index in [1.165, 1.54) is 16.7 Å². The van der Waals surface area contributed by atoms with Gasteiger partial charge in [0, 0.05) is 18.3 Å². The molecule has 0 aliphatic carbocycles. The summed E-state index contributed by atoms with van der Waals surface area (Å²) in [5, 5.41) is 3.06. The van der Waals surface area contributed by atoms with Crippen molar-refractivity contribution >= 4 is 23.6 Å². The highest BCUT2D eigenvalue weighted by Gasteiger charge is 2.28. The number of benzene rings is 2. The molecule has 2 rings (SSSR count). The lowest BCUT2D eigenvalue weighted by Crippen LogP contribution is -2.52. The van der Waals surface area contributed by atoms with Crippen molar-refractivity contribution in [3.8, 4) is 0 Å². The summed E-state index contributed by atoms with van der Waals surface area (Å²) in [6, 6.07) is 18.1. The minimum atomic E-state index is -0.440. The van der Waals surface area contributed by atoms with Gasteiger partial charge in [-0.25, -0.2) is 0 Å². The molecule has 0 fully saturated rings. The molecule has 5 heteroatoms. The Hall–Kier alpha value is -2.27. The summed E-state index contributed by atoms with van der Waals surface area (Å²) in [7, 11) is 0. The first-order valence-electron chi connectivity index (χ1n) is 11.2. The molecule has 0 bridgehead atoms. The van der Waals surface area contributed by atoms with Crippen LogP contribution in [-0.4, -0.2) is 41.1 Å². The average molecular weight is 441 g/mol. The number of thioether (sulfide) groups is 1. The Morgan fingerprint density at radius 1 is 1.00 bits per heavy atom. The molecular weight excluding hydrogens is 404 g/mol. The van der Waals surface area contributed by atoms with Crippen LogP contribution in [0.15, 0.2) is 54.6 Å². The van der Waals surface area contributed by atoms with Crippen LogP contribution in [0, 0.1) is 6.92 Å². The molecule has 0 spiro atoms. The fraction of sp³-hybridized carbons (Fsp3) is 0.462. The number of carbonyl (C=O) groups excluding carboxylic acids is 2. The van der Waals surface area contributed by atoms with E-state index in [9.17, 15) is 9.59 Å². The summed E-state index contributed by atoms with van der Waals surface area (Å²) in [5.41, 5.74) is 3.66. The summed E-state index contributed by atoms with van der Waals surface area (Å²) >= 11 is 1.61. The number of rotatable bonds is 12. The average Bonchev–Trinajstić information content (AvgIpc) is 2.78. The van der Waals surface area contributed by atoms with Crippen molar-refractivity contribution in [1.82, 2.24) is 10.2 Å². The molecule has 168 valence electrons. The Labute approximate surface area is 191 Å². The van der Waals surface area contributed by atoms with Crippen molar-refractivity contribution < 1.29 is 9.59 Å². The van der Waals surface area contributed by atoms with Crippen LogP contribution < -0.4 is 5.32 Å². The molecule has 0 aromatic heterocycles. The molecule has 31 heavy (non-hydrogen) atoms. The zero-order valence-corrected chi connectivity index (χ0v) is 20.1. The third kappa shape index (κ3) is 8.06. The van der Waals surface area contributed by atoms with E-state index in [1.807, 2.05) is 51.1 Å². The Morgan fingerprint density at radius 2 is 1.68 bits per heavy atom. The Kier molecular flexibility index (Phi) is 10.6. The van der Waals surface area contributed by atoms with Crippen molar-refractivity contribution in [2.45, 2.75) is 64.8 Å². The lowest BCUT2D eigenvalue weighted by molar-refractivity contribution is -0.139. The lowest BCUT2D eigenvalue weighted by Gasteiger charge is -2.31. The van der Waals surface area contributed by atoms with Crippen molar-refractivity contribution in [1.29, 1.82) is 0 Å². The molecule has 1 N–H and O–H groups in total. The molecule has 2 aromatic rings. The van der Waals surface area contributed by atoms with E-state index in [0.717, 1.165) is 18.6 Å².